The number of H-pyrrole nitrogens is 1. The number of nitrogens with zero attached hydrogens (tertiary/aromatic N) is 2. The van der Waals surface area contributed by atoms with E-state index in [1.165, 1.54) is 6.20 Å². The smallest absolute Gasteiger partial charge is 0.347 e. The normalized spacial score (nSPS) is 17.2. The molecule has 1 aliphatic heterocycles. The van der Waals surface area contributed by atoms with E-state index >= 15 is 0 Å². The first kappa shape index (κ1) is 14.9. The molecule has 3 heterocycles. The van der Waals surface area contributed by atoms with Crippen molar-refractivity contribution in [3.05, 3.63) is 40.5 Å². The van der Waals surface area contributed by atoms with Gasteiger partial charge in [0.2, 0.25) is 0 Å². The number of hydrogen-bond donors (Lipinski definition) is 2. The first-order chi connectivity index (χ1) is 11.7. The maximum atomic E-state index is 11.0. The van der Waals surface area contributed by atoms with Gasteiger partial charge in [-0.3, -0.25) is 0 Å². The number of nitrogens with one attached hydrogen (secondary N) is 1. The summed E-state index contributed by atoms with van der Waals surface area (Å²) in [4.78, 5) is 18.7. The second kappa shape index (κ2) is 5.74. The molecule has 0 spiro atoms. The lowest BCUT2D eigenvalue weighted by Crippen LogP contribution is -1.99. The summed E-state index contributed by atoms with van der Waals surface area (Å²) >= 11 is 1.12. The minimum atomic E-state index is -0.984. The standard InChI is InChI=1S/C17H13N3O3S/c18-6-12-11-5-9(16-19-7-14(24-16)17(21)22)1-2-13(11)20-15(12)10-3-4-23-8-10/h1-2,5,7,10,20H,3-4,8H2,(H,21,22). The highest BCUT2D eigenvalue weighted by Gasteiger charge is 2.24. The maximum Gasteiger partial charge on any atom is 0.347 e. The fourth-order valence-electron chi connectivity index (χ4n) is 3.04. The highest BCUT2D eigenvalue weighted by atomic mass is 32.1. The number of hydrogen-bond acceptors (Lipinski definition) is 5. The fourth-order valence-corrected chi connectivity index (χ4v) is 3.79. The van der Waals surface area contributed by atoms with Gasteiger partial charge in [-0.25, -0.2) is 9.78 Å². The summed E-state index contributed by atoms with van der Waals surface area (Å²) in [5, 5.41) is 20.1. The number of carboxylic acids is 1. The lowest BCUT2D eigenvalue weighted by molar-refractivity contribution is 0.0702. The van der Waals surface area contributed by atoms with E-state index in [1.807, 2.05) is 18.2 Å². The molecule has 1 unspecified atom stereocenters. The molecular formula is C17H13N3O3S. The third-order valence-corrected chi connectivity index (χ3v) is 5.28. The van der Waals surface area contributed by atoms with Crippen LogP contribution in [0.1, 0.15) is 33.3 Å². The van der Waals surface area contributed by atoms with Crippen molar-refractivity contribution in [2.45, 2.75) is 12.3 Å². The number of aromatic carboxylic acids is 1. The van der Waals surface area contributed by atoms with Gasteiger partial charge in [-0.15, -0.1) is 11.3 Å². The summed E-state index contributed by atoms with van der Waals surface area (Å²) in [6.45, 7) is 1.34. The lowest BCUT2D eigenvalue weighted by Gasteiger charge is -2.04. The third-order valence-electron chi connectivity index (χ3n) is 4.24. The van der Waals surface area contributed by atoms with E-state index in [1.54, 1.807) is 0 Å². The van der Waals surface area contributed by atoms with E-state index in [2.05, 4.69) is 16.0 Å². The Morgan fingerprint density at radius 2 is 2.38 bits per heavy atom. The molecule has 2 N–H and O–H groups in total. The molecule has 1 aliphatic rings. The van der Waals surface area contributed by atoms with Gasteiger partial charge in [0, 0.05) is 34.7 Å². The zero-order valence-corrected chi connectivity index (χ0v) is 13.4. The first-order valence-corrected chi connectivity index (χ1v) is 8.32. The van der Waals surface area contributed by atoms with Crippen molar-refractivity contribution >= 4 is 28.2 Å². The number of aromatic amines is 1. The molecule has 1 aromatic carbocycles. The van der Waals surface area contributed by atoms with Crippen LogP contribution >= 0.6 is 11.3 Å². The van der Waals surface area contributed by atoms with Gasteiger partial charge in [0.15, 0.2) is 0 Å². The van der Waals surface area contributed by atoms with Crippen LogP contribution in [0.15, 0.2) is 24.4 Å². The van der Waals surface area contributed by atoms with E-state index in [9.17, 15) is 10.1 Å². The van der Waals surface area contributed by atoms with Crippen LogP contribution in [0.25, 0.3) is 21.5 Å². The molecule has 7 heteroatoms. The number of fused-ring (bicyclic) bond motifs is 1. The molecule has 0 bridgehead atoms. The molecule has 0 aliphatic carbocycles. The van der Waals surface area contributed by atoms with Crippen molar-refractivity contribution in [3.63, 3.8) is 0 Å². The van der Waals surface area contributed by atoms with Gasteiger partial charge in [0.05, 0.1) is 18.4 Å². The number of rotatable bonds is 3. The molecular weight excluding hydrogens is 326 g/mol. The summed E-state index contributed by atoms with van der Waals surface area (Å²) < 4.78 is 5.43. The van der Waals surface area contributed by atoms with E-state index in [0.717, 1.165) is 39.9 Å². The van der Waals surface area contributed by atoms with Gasteiger partial charge in [0.1, 0.15) is 16.0 Å². The van der Waals surface area contributed by atoms with Gasteiger partial charge < -0.3 is 14.8 Å². The Balaban J connectivity index is 1.82. The van der Waals surface area contributed by atoms with Crippen LogP contribution in [0, 0.1) is 11.3 Å². The Morgan fingerprint density at radius 3 is 3.04 bits per heavy atom. The fraction of sp³-hybridized carbons (Fsp3) is 0.235. The molecule has 1 saturated heterocycles. The lowest BCUT2D eigenvalue weighted by atomic mass is 10.00. The summed E-state index contributed by atoms with van der Waals surface area (Å²) in [6, 6.07) is 7.99. The largest absolute Gasteiger partial charge is 0.477 e. The van der Waals surface area contributed by atoms with Crippen LogP contribution in [0.5, 0.6) is 0 Å². The minimum absolute atomic E-state index is 0.198. The Bertz CT molecular complexity index is 977. The number of thiazole rings is 1. The molecule has 3 aromatic rings. The van der Waals surface area contributed by atoms with Crippen molar-refractivity contribution in [1.29, 1.82) is 5.26 Å². The molecule has 6 nitrogen and oxygen atoms in total. The minimum Gasteiger partial charge on any atom is -0.477 e. The molecule has 0 saturated carbocycles. The molecule has 4 rings (SSSR count). The van der Waals surface area contributed by atoms with Crippen LogP contribution in [0.2, 0.25) is 0 Å². The molecule has 0 amide bonds. The summed E-state index contributed by atoms with van der Waals surface area (Å²) in [6.07, 6.45) is 2.26. The Labute approximate surface area is 141 Å². The van der Waals surface area contributed by atoms with Gasteiger partial charge in [-0.05, 0) is 24.6 Å². The topological polar surface area (TPSA) is 99.0 Å². The Hall–Kier alpha value is -2.69. The van der Waals surface area contributed by atoms with Crippen molar-refractivity contribution in [2.75, 3.05) is 13.2 Å². The molecule has 1 atom stereocenters. The van der Waals surface area contributed by atoms with Gasteiger partial charge in [-0.1, -0.05) is 0 Å². The van der Waals surface area contributed by atoms with Gasteiger partial charge in [-0.2, -0.15) is 5.26 Å². The summed E-state index contributed by atoms with van der Waals surface area (Å²) in [7, 11) is 0. The quantitative estimate of drug-likeness (QED) is 0.762. The van der Waals surface area contributed by atoms with E-state index in [0.29, 0.717) is 23.8 Å². The van der Waals surface area contributed by atoms with E-state index in [4.69, 9.17) is 9.84 Å². The maximum absolute atomic E-state index is 11.0. The average Bonchev–Trinajstić information content (AvgIpc) is 3.31. The number of nitriles is 1. The zero-order valence-electron chi connectivity index (χ0n) is 12.6. The Morgan fingerprint density at radius 1 is 1.50 bits per heavy atom. The van der Waals surface area contributed by atoms with Crippen LogP contribution in [-0.4, -0.2) is 34.3 Å². The van der Waals surface area contributed by atoms with E-state index in [-0.39, 0.29) is 10.8 Å². The monoisotopic (exact) mass is 339 g/mol. The summed E-state index contributed by atoms with van der Waals surface area (Å²) in [5.74, 6) is -0.767. The highest BCUT2D eigenvalue weighted by Crippen LogP contribution is 2.34. The zero-order chi connectivity index (χ0) is 16.7. The number of aromatic nitrogens is 2. The number of ether oxygens (including phenoxy) is 1. The molecule has 120 valence electrons. The van der Waals surface area contributed by atoms with Gasteiger partial charge >= 0.3 is 5.97 Å². The van der Waals surface area contributed by atoms with E-state index < -0.39 is 5.97 Å². The number of carbonyl (C=O) groups is 1. The third kappa shape index (κ3) is 2.37. The number of carboxylic acid groups (broad SMARTS) is 1. The van der Waals surface area contributed by atoms with Crippen LogP contribution in [-0.2, 0) is 4.74 Å². The summed E-state index contributed by atoms with van der Waals surface area (Å²) in [5.41, 5.74) is 3.27. The van der Waals surface area contributed by atoms with Crippen LogP contribution < -0.4 is 0 Å². The van der Waals surface area contributed by atoms with Crippen LogP contribution in [0.4, 0.5) is 0 Å². The second-order valence-electron chi connectivity index (χ2n) is 5.68. The predicted octanol–water partition coefficient (Wildman–Crippen LogP) is 3.37. The number of benzene rings is 1. The molecule has 1 fully saturated rings. The molecule has 24 heavy (non-hydrogen) atoms. The molecule has 2 aromatic heterocycles. The van der Waals surface area contributed by atoms with Gasteiger partial charge in [0.25, 0.3) is 0 Å². The van der Waals surface area contributed by atoms with Crippen LogP contribution in [0.3, 0.4) is 0 Å². The van der Waals surface area contributed by atoms with Crippen molar-refractivity contribution in [2.24, 2.45) is 0 Å². The van der Waals surface area contributed by atoms with Crippen molar-refractivity contribution in [1.82, 2.24) is 9.97 Å². The first-order valence-electron chi connectivity index (χ1n) is 7.50. The predicted molar refractivity (Wildman–Crippen MR) is 89.3 cm³/mol. The Kier molecular flexibility index (Phi) is 3.56. The highest BCUT2D eigenvalue weighted by molar-refractivity contribution is 7.16. The average molecular weight is 339 g/mol. The SMILES string of the molecule is N#Cc1c(C2CCOC2)[nH]c2ccc(-c3ncc(C(=O)O)s3)cc12. The van der Waals surface area contributed by atoms with Crippen molar-refractivity contribution < 1.29 is 14.6 Å². The molecule has 0 radical (unpaired) electrons. The second-order valence-corrected chi connectivity index (χ2v) is 6.71. The van der Waals surface area contributed by atoms with Crippen molar-refractivity contribution in [3.8, 4) is 16.6 Å².